The topological polar surface area (TPSA) is 49.8 Å². The SMILES string of the molecule is CC(C)CCc1ccc2c(c1N(CCC(F)(F)c1ccccc1)c1ccc3c(c1-c1ccc(OCC(=O)O)cc1)Cc1ccccc1-3)Cc1ccccc1-2. The minimum absolute atomic E-state index is 0.0113. The summed E-state index contributed by atoms with van der Waals surface area (Å²) >= 11 is 0. The molecule has 2 aliphatic carbocycles. The van der Waals surface area contributed by atoms with Crippen molar-refractivity contribution < 1.29 is 23.4 Å². The molecule has 0 unspecified atom stereocenters. The maximum absolute atomic E-state index is 16.3. The molecule has 0 saturated carbocycles. The van der Waals surface area contributed by atoms with Gasteiger partial charge in [0.15, 0.2) is 6.61 Å². The highest BCUT2D eigenvalue weighted by molar-refractivity contribution is 5.95. The van der Waals surface area contributed by atoms with E-state index in [1.54, 1.807) is 30.3 Å². The van der Waals surface area contributed by atoms with Crippen LogP contribution in [-0.4, -0.2) is 24.2 Å². The highest BCUT2D eigenvalue weighted by atomic mass is 19.3. The van der Waals surface area contributed by atoms with Crippen LogP contribution in [-0.2, 0) is 30.0 Å². The molecule has 0 spiro atoms. The van der Waals surface area contributed by atoms with Crippen LogP contribution in [0.5, 0.6) is 5.75 Å². The highest BCUT2D eigenvalue weighted by Crippen LogP contribution is 2.51. The van der Waals surface area contributed by atoms with Crippen molar-refractivity contribution in [1.29, 1.82) is 0 Å². The first-order valence-corrected chi connectivity index (χ1v) is 18.8. The number of carboxylic acid groups (broad SMARTS) is 1. The summed E-state index contributed by atoms with van der Waals surface area (Å²) in [5.74, 6) is -3.19. The van der Waals surface area contributed by atoms with Crippen molar-refractivity contribution in [2.45, 2.75) is 51.9 Å². The molecule has 0 aliphatic heterocycles. The Labute approximate surface area is 315 Å². The number of carbonyl (C=O) groups is 1. The predicted octanol–water partition coefficient (Wildman–Crippen LogP) is 11.9. The van der Waals surface area contributed by atoms with E-state index in [9.17, 15) is 9.90 Å². The van der Waals surface area contributed by atoms with E-state index in [-0.39, 0.29) is 18.5 Å². The van der Waals surface area contributed by atoms with Gasteiger partial charge in [0.2, 0.25) is 0 Å². The molecule has 54 heavy (non-hydrogen) atoms. The van der Waals surface area contributed by atoms with Gasteiger partial charge in [-0.15, -0.1) is 0 Å². The summed E-state index contributed by atoms with van der Waals surface area (Å²) in [4.78, 5) is 13.5. The molecule has 272 valence electrons. The maximum atomic E-state index is 16.3. The first kappa shape index (κ1) is 35.3. The Balaban J connectivity index is 1.35. The van der Waals surface area contributed by atoms with E-state index in [0.717, 1.165) is 64.0 Å². The summed E-state index contributed by atoms with van der Waals surface area (Å²) in [6, 6.07) is 41.3. The van der Waals surface area contributed by atoms with E-state index in [0.29, 0.717) is 18.1 Å². The van der Waals surface area contributed by atoms with Gasteiger partial charge < -0.3 is 14.7 Å². The van der Waals surface area contributed by atoms with Gasteiger partial charge in [0.25, 0.3) is 5.92 Å². The van der Waals surface area contributed by atoms with Crippen molar-refractivity contribution >= 4 is 17.3 Å². The zero-order chi connectivity index (χ0) is 37.4. The summed E-state index contributed by atoms with van der Waals surface area (Å²) in [5, 5.41) is 9.22. The van der Waals surface area contributed by atoms with Gasteiger partial charge in [0.1, 0.15) is 5.75 Å². The molecule has 2 aliphatic rings. The van der Waals surface area contributed by atoms with Gasteiger partial charge in [0, 0.05) is 41.9 Å². The quantitative estimate of drug-likeness (QED) is 0.129. The van der Waals surface area contributed by atoms with E-state index in [4.69, 9.17) is 4.74 Å². The molecule has 0 bridgehead atoms. The monoisotopic (exact) mass is 719 g/mol. The average molecular weight is 720 g/mol. The van der Waals surface area contributed by atoms with Gasteiger partial charge in [-0.25, -0.2) is 13.6 Å². The number of carboxylic acids is 1. The number of rotatable bonds is 13. The normalized spacial score (nSPS) is 12.6. The molecule has 8 rings (SSSR count). The van der Waals surface area contributed by atoms with Gasteiger partial charge >= 0.3 is 5.97 Å². The second-order valence-electron chi connectivity index (χ2n) is 14.9. The number of anilines is 2. The number of halogens is 2. The smallest absolute Gasteiger partial charge is 0.341 e. The molecule has 0 saturated heterocycles. The fourth-order valence-electron chi connectivity index (χ4n) is 8.27. The minimum atomic E-state index is -3.06. The molecule has 0 radical (unpaired) electrons. The number of hydrogen-bond acceptors (Lipinski definition) is 3. The molecule has 0 heterocycles. The standard InChI is InChI=1S/C48H43F2NO3/c1-31(2)16-17-33-20-23-41-39-15-9-7-11-35(39)29-43(41)47(33)51(27-26-48(49,50)36-12-4-3-5-13-36)44-25-24-40-38-14-8-6-10-34(38)28-42(40)46(44)32-18-21-37(22-19-32)54-30-45(52)53/h3-15,18-25,31H,16-17,26-30H2,1-2H3,(H,52,53). The van der Waals surface area contributed by atoms with Gasteiger partial charge in [-0.05, 0) is 99.0 Å². The van der Waals surface area contributed by atoms with Crippen LogP contribution >= 0.6 is 0 Å². The number of fused-ring (bicyclic) bond motifs is 6. The number of hydrogen-bond donors (Lipinski definition) is 1. The molecule has 6 aromatic carbocycles. The lowest BCUT2D eigenvalue weighted by molar-refractivity contribution is -0.139. The Morgan fingerprint density at radius 1 is 0.741 bits per heavy atom. The van der Waals surface area contributed by atoms with Crippen LogP contribution in [0.3, 0.4) is 0 Å². The van der Waals surface area contributed by atoms with Crippen molar-refractivity contribution in [3.8, 4) is 39.1 Å². The van der Waals surface area contributed by atoms with Crippen LogP contribution in [0.2, 0.25) is 0 Å². The zero-order valence-electron chi connectivity index (χ0n) is 30.6. The van der Waals surface area contributed by atoms with Crippen LogP contribution in [0.4, 0.5) is 20.2 Å². The average Bonchev–Trinajstić information content (AvgIpc) is 3.75. The Morgan fingerprint density at radius 2 is 1.35 bits per heavy atom. The lowest BCUT2D eigenvalue weighted by Gasteiger charge is -2.34. The first-order chi connectivity index (χ1) is 26.2. The number of ether oxygens (including phenoxy) is 1. The van der Waals surface area contributed by atoms with E-state index < -0.39 is 18.5 Å². The summed E-state index contributed by atoms with van der Waals surface area (Å²) in [5.41, 5.74) is 14.4. The molecule has 0 atom stereocenters. The Bertz CT molecular complexity index is 2330. The summed E-state index contributed by atoms with van der Waals surface area (Å²) in [7, 11) is 0. The molecule has 1 N–H and O–H groups in total. The summed E-state index contributed by atoms with van der Waals surface area (Å²) in [6.45, 7) is 4.09. The lowest BCUT2D eigenvalue weighted by Crippen LogP contribution is -2.27. The highest BCUT2D eigenvalue weighted by Gasteiger charge is 2.35. The largest absolute Gasteiger partial charge is 0.482 e. The van der Waals surface area contributed by atoms with Crippen molar-refractivity contribution in [3.63, 3.8) is 0 Å². The number of aliphatic carboxylic acids is 1. The number of alkyl halides is 2. The fourth-order valence-corrected chi connectivity index (χ4v) is 8.27. The minimum Gasteiger partial charge on any atom is -0.482 e. The molecule has 6 aromatic rings. The molecular weight excluding hydrogens is 677 g/mol. The second kappa shape index (κ2) is 14.6. The predicted molar refractivity (Wildman–Crippen MR) is 213 cm³/mol. The lowest BCUT2D eigenvalue weighted by atomic mass is 9.90. The van der Waals surface area contributed by atoms with Crippen LogP contribution in [0.15, 0.2) is 127 Å². The number of aryl methyl sites for hydroxylation is 1. The van der Waals surface area contributed by atoms with Crippen LogP contribution in [0, 0.1) is 5.92 Å². The molecule has 4 nitrogen and oxygen atoms in total. The molecule has 6 heteroatoms. The van der Waals surface area contributed by atoms with E-state index in [2.05, 4.69) is 91.5 Å². The number of nitrogens with zero attached hydrogens (tertiary/aromatic N) is 1. The Kier molecular flexibility index (Phi) is 9.53. The van der Waals surface area contributed by atoms with E-state index >= 15 is 8.78 Å². The van der Waals surface area contributed by atoms with Gasteiger partial charge in [-0.1, -0.05) is 123 Å². The second-order valence-corrected chi connectivity index (χ2v) is 14.9. The van der Waals surface area contributed by atoms with Gasteiger partial charge in [0.05, 0.1) is 0 Å². The maximum Gasteiger partial charge on any atom is 0.341 e. The van der Waals surface area contributed by atoms with Gasteiger partial charge in [-0.2, -0.15) is 0 Å². The van der Waals surface area contributed by atoms with E-state index in [1.165, 1.54) is 39.9 Å². The van der Waals surface area contributed by atoms with Gasteiger partial charge in [-0.3, -0.25) is 0 Å². The first-order valence-electron chi connectivity index (χ1n) is 18.8. The van der Waals surface area contributed by atoms with Crippen LogP contribution < -0.4 is 9.64 Å². The summed E-state index contributed by atoms with van der Waals surface area (Å²) in [6.07, 6.45) is 2.85. The number of benzene rings is 6. The van der Waals surface area contributed by atoms with Crippen LogP contribution in [0.1, 0.15) is 60.1 Å². The van der Waals surface area contributed by atoms with Crippen molar-refractivity contribution in [3.05, 3.63) is 161 Å². The molecule has 0 fully saturated rings. The summed E-state index contributed by atoms with van der Waals surface area (Å²) < 4.78 is 38.1. The Morgan fingerprint density at radius 3 is 2.02 bits per heavy atom. The third kappa shape index (κ3) is 6.77. The van der Waals surface area contributed by atoms with Crippen molar-refractivity contribution in [2.24, 2.45) is 5.92 Å². The third-order valence-electron chi connectivity index (χ3n) is 10.9. The third-order valence-corrected chi connectivity index (χ3v) is 10.9. The van der Waals surface area contributed by atoms with Crippen molar-refractivity contribution in [2.75, 3.05) is 18.1 Å². The van der Waals surface area contributed by atoms with Crippen LogP contribution in [0.25, 0.3) is 33.4 Å². The van der Waals surface area contributed by atoms with Crippen molar-refractivity contribution in [1.82, 2.24) is 0 Å². The molecule has 0 aromatic heterocycles. The Hall–Kier alpha value is -5.75. The molecule has 0 amide bonds. The fraction of sp³-hybridized carbons (Fsp3) is 0.229. The zero-order valence-corrected chi connectivity index (χ0v) is 30.6. The molecular formula is C48H43F2NO3. The van der Waals surface area contributed by atoms with E-state index in [1.807, 2.05) is 12.1 Å².